The zero-order chi connectivity index (χ0) is 25.4. The van der Waals surface area contributed by atoms with E-state index in [1.807, 2.05) is 0 Å². The molecule has 1 aromatic rings. The Kier molecular flexibility index (Phi) is 6.55. The molecule has 0 radical (unpaired) electrons. The average molecular weight is 486 g/mol. The summed E-state index contributed by atoms with van der Waals surface area (Å²) in [4.78, 5) is 50.7. The minimum Gasteiger partial charge on any atom is -0.477 e. The lowest BCUT2D eigenvalue weighted by molar-refractivity contribution is -0.192. The van der Waals surface area contributed by atoms with Gasteiger partial charge < -0.3 is 26.0 Å². The van der Waals surface area contributed by atoms with Crippen LogP contribution in [-0.4, -0.2) is 68.8 Å². The number of nitrogens with zero attached hydrogens (tertiary/aromatic N) is 2. The second-order valence-electron chi connectivity index (χ2n) is 7.82. The van der Waals surface area contributed by atoms with Gasteiger partial charge in [0.1, 0.15) is 11.7 Å². The molecule has 2 saturated heterocycles. The Morgan fingerprint density at radius 1 is 1.26 bits per heavy atom. The lowest BCUT2D eigenvalue weighted by Crippen LogP contribution is -2.69. The maximum absolute atomic E-state index is 12.5. The van der Waals surface area contributed by atoms with Gasteiger partial charge in [0.15, 0.2) is 5.60 Å². The van der Waals surface area contributed by atoms with Crippen molar-refractivity contribution >= 4 is 23.9 Å². The number of rotatable bonds is 5. The number of ether oxygens (including phenoxy) is 1. The van der Waals surface area contributed by atoms with Crippen LogP contribution in [0.2, 0.25) is 0 Å². The van der Waals surface area contributed by atoms with E-state index >= 15 is 0 Å². The number of primary amides is 1. The zero-order valence-electron chi connectivity index (χ0n) is 17.7. The molecule has 0 bridgehead atoms. The Morgan fingerprint density at radius 2 is 1.85 bits per heavy atom. The number of nitrogens with two attached hydrogens (primary N) is 1. The normalized spacial score (nSPS) is 24.8. The van der Waals surface area contributed by atoms with Gasteiger partial charge in [0.05, 0.1) is 6.04 Å². The molecule has 0 saturated carbocycles. The fraction of sp³-hybridized carbons (Fsp3) is 0.450. The number of alkyl halides is 3. The van der Waals surface area contributed by atoms with Crippen LogP contribution >= 0.6 is 0 Å². The molecule has 2 amide bonds. The maximum Gasteiger partial charge on any atom is 0.490 e. The van der Waals surface area contributed by atoms with Gasteiger partial charge in [-0.1, -0.05) is 6.92 Å². The minimum atomic E-state index is -5.08. The number of pyridine rings is 1. The van der Waals surface area contributed by atoms with Crippen LogP contribution in [0.4, 0.5) is 18.0 Å². The summed E-state index contributed by atoms with van der Waals surface area (Å²) in [5.74, 6) is -4.19. The van der Waals surface area contributed by atoms with Crippen molar-refractivity contribution in [2.75, 3.05) is 6.54 Å². The van der Waals surface area contributed by atoms with E-state index in [2.05, 4.69) is 10.3 Å². The van der Waals surface area contributed by atoms with E-state index in [0.29, 0.717) is 24.1 Å². The SMILES string of the molecule is CCC(OC(N)=O)(C1=C(C(=O)O)N2C(=O)[C@H]3NC[C@@H](C1)[C@H]32)c1ccncc1.O=C(O)C(F)(F)F. The van der Waals surface area contributed by atoms with Gasteiger partial charge in [-0.2, -0.15) is 13.2 Å². The molecule has 14 heteroatoms. The van der Waals surface area contributed by atoms with Crippen LogP contribution in [0.5, 0.6) is 0 Å². The Balaban J connectivity index is 0.000000406. The van der Waals surface area contributed by atoms with Crippen molar-refractivity contribution < 1.29 is 47.3 Å². The Labute approximate surface area is 190 Å². The van der Waals surface area contributed by atoms with Crippen molar-refractivity contribution in [2.45, 2.75) is 43.6 Å². The van der Waals surface area contributed by atoms with Crippen LogP contribution in [0.15, 0.2) is 35.8 Å². The number of amides is 2. The van der Waals surface area contributed by atoms with Crippen molar-refractivity contribution in [3.8, 4) is 0 Å². The molecule has 4 heterocycles. The molecular weight excluding hydrogens is 465 g/mol. The van der Waals surface area contributed by atoms with Crippen molar-refractivity contribution in [3.63, 3.8) is 0 Å². The first-order valence-corrected chi connectivity index (χ1v) is 10.1. The van der Waals surface area contributed by atoms with Crippen LogP contribution in [-0.2, 0) is 24.7 Å². The van der Waals surface area contributed by atoms with Gasteiger partial charge in [-0.05, 0) is 30.9 Å². The molecule has 4 rings (SSSR count). The topological polar surface area (TPSA) is 172 Å². The van der Waals surface area contributed by atoms with Gasteiger partial charge in [-0.25, -0.2) is 14.4 Å². The first-order chi connectivity index (χ1) is 15.8. The van der Waals surface area contributed by atoms with Crippen molar-refractivity contribution in [3.05, 3.63) is 41.4 Å². The molecule has 0 spiro atoms. The third-order valence-corrected chi connectivity index (χ3v) is 6.07. The van der Waals surface area contributed by atoms with E-state index in [9.17, 15) is 32.7 Å². The first-order valence-electron chi connectivity index (χ1n) is 10.1. The standard InChI is InChI=1S/C18H20N4O5.C2HF3O2/c1-2-18(27-17(19)26,10-3-5-20-6-4-10)11-7-9-8-21-12-13(9)22(15(12)23)14(11)16(24)25;3-2(4,5)1(6)7/h3-6,9,12-13,21H,2,7-8H2,1H3,(H2,19,26)(H,24,25);(H,6,7)/t9-,12+,13-,18?;/m1./s1. The van der Waals surface area contributed by atoms with Crippen LogP contribution in [0.25, 0.3) is 0 Å². The molecule has 5 N–H and O–H groups in total. The quantitative estimate of drug-likeness (QED) is 0.442. The van der Waals surface area contributed by atoms with Gasteiger partial charge in [0.2, 0.25) is 5.91 Å². The van der Waals surface area contributed by atoms with Gasteiger partial charge in [0, 0.05) is 30.1 Å². The number of β-lactam (4-membered cyclic amide) rings is 1. The van der Waals surface area contributed by atoms with Crippen molar-refractivity contribution in [1.29, 1.82) is 0 Å². The van der Waals surface area contributed by atoms with Gasteiger partial charge in [0.25, 0.3) is 0 Å². The Bertz CT molecular complexity index is 1050. The number of aliphatic carboxylic acids is 2. The van der Waals surface area contributed by atoms with E-state index < -0.39 is 29.8 Å². The molecule has 11 nitrogen and oxygen atoms in total. The number of carbonyl (C=O) groups excluding carboxylic acids is 2. The molecule has 1 aromatic heterocycles. The third-order valence-electron chi connectivity index (χ3n) is 6.07. The summed E-state index contributed by atoms with van der Waals surface area (Å²) in [5, 5.41) is 20.2. The zero-order valence-corrected chi connectivity index (χ0v) is 17.7. The number of carboxylic acid groups (broad SMARTS) is 2. The highest BCUT2D eigenvalue weighted by Crippen LogP contribution is 2.50. The lowest BCUT2D eigenvalue weighted by atomic mass is 9.71. The summed E-state index contributed by atoms with van der Waals surface area (Å²) in [5.41, 5.74) is 4.83. The van der Waals surface area contributed by atoms with Crippen LogP contribution in [0, 0.1) is 5.92 Å². The summed E-state index contributed by atoms with van der Waals surface area (Å²) in [6.07, 6.45) is -2.35. The predicted octanol–water partition coefficient (Wildman–Crippen LogP) is 0.957. The van der Waals surface area contributed by atoms with E-state index in [4.69, 9.17) is 20.4 Å². The molecule has 0 aliphatic carbocycles. The molecule has 1 unspecified atom stereocenters. The fourth-order valence-electron chi connectivity index (χ4n) is 4.72. The second-order valence-corrected chi connectivity index (χ2v) is 7.82. The highest BCUT2D eigenvalue weighted by molar-refractivity contribution is 6.01. The van der Waals surface area contributed by atoms with Crippen LogP contribution < -0.4 is 11.1 Å². The third kappa shape index (κ3) is 4.16. The van der Waals surface area contributed by atoms with E-state index in [1.54, 1.807) is 31.5 Å². The Morgan fingerprint density at radius 3 is 2.32 bits per heavy atom. The molecule has 2 fully saturated rings. The molecule has 3 aliphatic heterocycles. The fourth-order valence-corrected chi connectivity index (χ4v) is 4.72. The molecule has 184 valence electrons. The van der Waals surface area contributed by atoms with E-state index in [1.165, 1.54) is 4.90 Å². The molecular formula is C20H21F3N4O7. The lowest BCUT2D eigenvalue weighted by Gasteiger charge is -2.51. The van der Waals surface area contributed by atoms with Crippen molar-refractivity contribution in [1.82, 2.24) is 15.2 Å². The first kappa shape index (κ1) is 25.0. The molecule has 4 atom stereocenters. The summed E-state index contributed by atoms with van der Waals surface area (Å²) in [6.45, 7) is 2.39. The summed E-state index contributed by atoms with van der Waals surface area (Å²) >= 11 is 0. The monoisotopic (exact) mass is 486 g/mol. The van der Waals surface area contributed by atoms with Gasteiger partial charge >= 0.3 is 24.2 Å². The van der Waals surface area contributed by atoms with Crippen molar-refractivity contribution in [2.24, 2.45) is 11.7 Å². The highest BCUT2D eigenvalue weighted by atomic mass is 19.4. The number of hydrogen-bond donors (Lipinski definition) is 4. The maximum atomic E-state index is 12.5. The summed E-state index contributed by atoms with van der Waals surface area (Å²) in [7, 11) is 0. The van der Waals surface area contributed by atoms with Gasteiger partial charge in [-0.15, -0.1) is 0 Å². The molecule has 3 aliphatic rings. The number of nitrogens with one attached hydrogen (secondary N) is 1. The minimum absolute atomic E-state index is 0.0510. The Hall–Kier alpha value is -3.68. The number of carboxylic acids is 2. The number of hydrogen-bond acceptors (Lipinski definition) is 7. The molecule has 0 aromatic carbocycles. The average Bonchev–Trinajstić information content (AvgIpc) is 3.18. The number of aromatic nitrogens is 1. The smallest absolute Gasteiger partial charge is 0.477 e. The van der Waals surface area contributed by atoms with E-state index in [0.717, 1.165) is 0 Å². The van der Waals surface area contributed by atoms with Gasteiger partial charge in [-0.3, -0.25) is 14.7 Å². The van der Waals surface area contributed by atoms with Crippen LogP contribution in [0.3, 0.4) is 0 Å². The second kappa shape index (κ2) is 8.93. The highest BCUT2D eigenvalue weighted by Gasteiger charge is 2.62. The number of carbonyl (C=O) groups is 4. The largest absolute Gasteiger partial charge is 0.490 e. The number of halogens is 3. The summed E-state index contributed by atoms with van der Waals surface area (Å²) in [6, 6.07) is 2.82. The summed E-state index contributed by atoms with van der Waals surface area (Å²) < 4.78 is 37.3. The molecule has 34 heavy (non-hydrogen) atoms. The van der Waals surface area contributed by atoms with E-state index in [-0.39, 0.29) is 36.0 Å². The predicted molar refractivity (Wildman–Crippen MR) is 106 cm³/mol. The van der Waals surface area contributed by atoms with Crippen LogP contribution in [0.1, 0.15) is 25.3 Å².